The van der Waals surface area contributed by atoms with E-state index in [4.69, 9.17) is 15.2 Å². The van der Waals surface area contributed by atoms with Gasteiger partial charge in [0.25, 0.3) is 5.91 Å². The summed E-state index contributed by atoms with van der Waals surface area (Å²) < 4.78 is 11.9. The SMILES string of the molecule is CCCOc1ccc(CNC(=O)c2ccc(-n3ncc(C(=O)OCC)c3N)cc2)cc1. The van der Waals surface area contributed by atoms with E-state index in [9.17, 15) is 9.59 Å². The highest BCUT2D eigenvalue weighted by atomic mass is 16.5. The van der Waals surface area contributed by atoms with Crippen LogP contribution >= 0.6 is 0 Å². The molecule has 0 bridgehead atoms. The van der Waals surface area contributed by atoms with Gasteiger partial charge in [0, 0.05) is 12.1 Å². The Balaban J connectivity index is 1.61. The van der Waals surface area contributed by atoms with Crippen LogP contribution in [-0.4, -0.2) is 34.9 Å². The summed E-state index contributed by atoms with van der Waals surface area (Å²) >= 11 is 0. The van der Waals surface area contributed by atoms with Crippen LogP contribution in [0.4, 0.5) is 5.82 Å². The Hall–Kier alpha value is -3.81. The number of hydrogen-bond acceptors (Lipinski definition) is 6. The molecule has 31 heavy (non-hydrogen) atoms. The predicted octanol–water partition coefficient (Wildman–Crippen LogP) is 3.35. The van der Waals surface area contributed by atoms with E-state index >= 15 is 0 Å². The molecule has 0 atom stereocenters. The van der Waals surface area contributed by atoms with Crippen LogP contribution in [0.25, 0.3) is 5.69 Å². The topological polar surface area (TPSA) is 108 Å². The van der Waals surface area contributed by atoms with Crippen LogP contribution in [0.1, 0.15) is 46.5 Å². The zero-order valence-electron chi connectivity index (χ0n) is 17.6. The van der Waals surface area contributed by atoms with Crippen LogP contribution in [0.3, 0.4) is 0 Å². The number of nitrogen functional groups attached to an aromatic ring is 1. The zero-order chi connectivity index (χ0) is 22.2. The first kappa shape index (κ1) is 21.9. The summed E-state index contributed by atoms with van der Waals surface area (Å²) in [5.74, 6) is 0.282. The summed E-state index contributed by atoms with van der Waals surface area (Å²) in [6, 6.07) is 14.4. The lowest BCUT2D eigenvalue weighted by atomic mass is 10.1. The molecule has 2 aromatic carbocycles. The number of amides is 1. The molecule has 0 radical (unpaired) electrons. The van der Waals surface area contributed by atoms with Crippen LogP contribution < -0.4 is 15.8 Å². The fourth-order valence-electron chi connectivity index (χ4n) is 2.89. The van der Waals surface area contributed by atoms with Crippen molar-refractivity contribution in [3.05, 3.63) is 71.4 Å². The van der Waals surface area contributed by atoms with Gasteiger partial charge >= 0.3 is 5.97 Å². The molecule has 3 rings (SSSR count). The second kappa shape index (κ2) is 10.3. The second-order valence-corrected chi connectivity index (χ2v) is 6.80. The van der Waals surface area contributed by atoms with Gasteiger partial charge in [-0.25, -0.2) is 9.48 Å². The van der Waals surface area contributed by atoms with Crippen molar-refractivity contribution in [1.29, 1.82) is 0 Å². The molecular weight excluding hydrogens is 396 g/mol. The van der Waals surface area contributed by atoms with E-state index < -0.39 is 5.97 Å². The molecule has 0 aliphatic rings. The fourth-order valence-corrected chi connectivity index (χ4v) is 2.89. The molecule has 0 spiro atoms. The van der Waals surface area contributed by atoms with Crippen LogP contribution in [0.15, 0.2) is 54.7 Å². The van der Waals surface area contributed by atoms with Crippen molar-refractivity contribution in [1.82, 2.24) is 15.1 Å². The third kappa shape index (κ3) is 5.42. The van der Waals surface area contributed by atoms with Crippen LogP contribution in [0, 0.1) is 0 Å². The molecule has 162 valence electrons. The lowest BCUT2D eigenvalue weighted by molar-refractivity contribution is 0.0527. The quantitative estimate of drug-likeness (QED) is 0.512. The van der Waals surface area contributed by atoms with Crippen molar-refractivity contribution in [3.63, 3.8) is 0 Å². The summed E-state index contributed by atoms with van der Waals surface area (Å²) in [6.45, 7) is 5.12. The minimum Gasteiger partial charge on any atom is -0.494 e. The maximum Gasteiger partial charge on any atom is 0.343 e. The van der Waals surface area contributed by atoms with Gasteiger partial charge in [0.15, 0.2) is 0 Å². The maximum atomic E-state index is 12.5. The van der Waals surface area contributed by atoms with Gasteiger partial charge in [-0.15, -0.1) is 0 Å². The van der Waals surface area contributed by atoms with Crippen LogP contribution in [0.5, 0.6) is 5.75 Å². The van der Waals surface area contributed by atoms with Crippen molar-refractivity contribution >= 4 is 17.7 Å². The zero-order valence-corrected chi connectivity index (χ0v) is 17.6. The summed E-state index contributed by atoms with van der Waals surface area (Å²) in [6.07, 6.45) is 2.32. The molecule has 3 aromatic rings. The number of benzene rings is 2. The molecule has 3 N–H and O–H groups in total. The summed E-state index contributed by atoms with van der Waals surface area (Å²) in [5, 5.41) is 7.04. The minimum absolute atomic E-state index is 0.182. The molecule has 8 nitrogen and oxygen atoms in total. The van der Waals surface area contributed by atoms with Gasteiger partial charge in [0.05, 0.1) is 25.1 Å². The van der Waals surface area contributed by atoms with Gasteiger partial charge in [0.2, 0.25) is 0 Å². The Morgan fingerprint density at radius 2 is 1.77 bits per heavy atom. The van der Waals surface area contributed by atoms with E-state index in [2.05, 4.69) is 17.3 Å². The number of aromatic nitrogens is 2. The highest BCUT2D eigenvalue weighted by molar-refractivity contribution is 5.95. The highest BCUT2D eigenvalue weighted by Gasteiger charge is 2.17. The largest absolute Gasteiger partial charge is 0.494 e. The van der Waals surface area contributed by atoms with Gasteiger partial charge in [-0.1, -0.05) is 19.1 Å². The number of nitrogens with two attached hydrogens (primary N) is 1. The number of esters is 1. The van der Waals surface area contributed by atoms with E-state index in [-0.39, 0.29) is 23.9 Å². The van der Waals surface area contributed by atoms with Crippen molar-refractivity contribution in [2.45, 2.75) is 26.8 Å². The number of anilines is 1. The van der Waals surface area contributed by atoms with Gasteiger partial charge < -0.3 is 20.5 Å². The van der Waals surface area contributed by atoms with E-state index in [1.165, 1.54) is 10.9 Å². The molecule has 1 heterocycles. The fraction of sp³-hybridized carbons (Fsp3) is 0.261. The van der Waals surface area contributed by atoms with Crippen molar-refractivity contribution < 1.29 is 19.1 Å². The first-order valence-corrected chi connectivity index (χ1v) is 10.1. The standard InChI is InChI=1S/C23H26N4O4/c1-3-13-31-19-11-5-16(6-12-19)14-25-22(28)17-7-9-18(10-8-17)27-21(24)20(15-26-27)23(29)30-4-2/h5-12,15H,3-4,13-14,24H2,1-2H3,(H,25,28). The molecule has 0 fully saturated rings. The second-order valence-electron chi connectivity index (χ2n) is 6.80. The minimum atomic E-state index is -0.521. The summed E-state index contributed by atoms with van der Waals surface area (Å²) in [7, 11) is 0. The molecule has 1 aromatic heterocycles. The van der Waals surface area contributed by atoms with E-state index in [1.807, 2.05) is 24.3 Å². The Morgan fingerprint density at radius 1 is 1.06 bits per heavy atom. The first-order valence-electron chi connectivity index (χ1n) is 10.1. The number of hydrogen-bond donors (Lipinski definition) is 2. The number of nitrogens with one attached hydrogen (secondary N) is 1. The van der Waals surface area contributed by atoms with Gasteiger partial charge in [-0.2, -0.15) is 5.10 Å². The Bertz CT molecular complexity index is 1030. The lowest BCUT2D eigenvalue weighted by Gasteiger charge is -2.09. The average Bonchev–Trinajstić information content (AvgIpc) is 3.18. The van der Waals surface area contributed by atoms with Crippen molar-refractivity contribution in [2.24, 2.45) is 0 Å². The van der Waals surface area contributed by atoms with E-state index in [1.54, 1.807) is 31.2 Å². The third-order valence-electron chi connectivity index (χ3n) is 4.53. The highest BCUT2D eigenvalue weighted by Crippen LogP contribution is 2.19. The van der Waals surface area contributed by atoms with Crippen molar-refractivity contribution in [3.8, 4) is 11.4 Å². The molecule has 8 heteroatoms. The van der Waals surface area contributed by atoms with E-state index in [0.717, 1.165) is 17.7 Å². The van der Waals surface area contributed by atoms with Gasteiger partial charge in [-0.3, -0.25) is 4.79 Å². The number of nitrogens with zero attached hydrogens (tertiary/aromatic N) is 2. The Morgan fingerprint density at radius 3 is 2.42 bits per heavy atom. The Labute approximate surface area is 181 Å². The van der Waals surface area contributed by atoms with E-state index in [0.29, 0.717) is 24.4 Å². The Kier molecular flexibility index (Phi) is 7.26. The van der Waals surface area contributed by atoms with Crippen molar-refractivity contribution in [2.75, 3.05) is 18.9 Å². The lowest BCUT2D eigenvalue weighted by Crippen LogP contribution is -2.22. The normalized spacial score (nSPS) is 10.5. The summed E-state index contributed by atoms with van der Waals surface area (Å²) in [4.78, 5) is 24.4. The molecular formula is C23H26N4O4. The molecule has 0 unspecified atom stereocenters. The molecule has 0 saturated carbocycles. The molecule has 1 amide bonds. The number of carbonyl (C=O) groups is 2. The predicted molar refractivity (Wildman–Crippen MR) is 117 cm³/mol. The molecule has 0 aliphatic heterocycles. The smallest absolute Gasteiger partial charge is 0.343 e. The first-order chi connectivity index (χ1) is 15.0. The molecule has 0 aliphatic carbocycles. The van der Waals surface area contributed by atoms with Gasteiger partial charge in [0.1, 0.15) is 17.1 Å². The monoisotopic (exact) mass is 422 g/mol. The number of ether oxygens (including phenoxy) is 2. The number of rotatable bonds is 9. The van der Waals surface area contributed by atoms with Crippen LogP contribution in [-0.2, 0) is 11.3 Å². The van der Waals surface area contributed by atoms with Crippen LogP contribution in [0.2, 0.25) is 0 Å². The molecule has 0 saturated heterocycles. The summed E-state index contributed by atoms with van der Waals surface area (Å²) in [5.41, 5.74) is 8.34. The van der Waals surface area contributed by atoms with Gasteiger partial charge in [-0.05, 0) is 55.3 Å². The maximum absolute atomic E-state index is 12.5. The number of carbonyl (C=O) groups excluding carboxylic acids is 2. The third-order valence-corrected chi connectivity index (χ3v) is 4.53. The average molecular weight is 422 g/mol.